The number of anilines is 2. The van der Waals surface area contributed by atoms with E-state index in [0.29, 0.717) is 0 Å². The third-order valence-electron chi connectivity index (χ3n) is 6.19. The SMILES string of the molecule is C=C(C)C(=O)OCCC(=O)/C=C/C(=O)Nc1c(OC)cccc1S(=O)(=O)c1cccc(OC)c1NC(=O)/C=C/C(=O)CCOC(=O)C(=C)C. The molecule has 0 aliphatic rings. The average molecular weight is 697 g/mol. The fourth-order valence-corrected chi connectivity index (χ4v) is 5.34. The van der Waals surface area contributed by atoms with Crippen LogP contribution in [0.4, 0.5) is 11.4 Å². The van der Waals surface area contributed by atoms with E-state index in [0.717, 1.165) is 24.3 Å². The van der Waals surface area contributed by atoms with Gasteiger partial charge in [-0.2, -0.15) is 0 Å². The van der Waals surface area contributed by atoms with Gasteiger partial charge in [-0.15, -0.1) is 0 Å². The summed E-state index contributed by atoms with van der Waals surface area (Å²) >= 11 is 0. The quantitative estimate of drug-likeness (QED) is 0.170. The molecule has 2 rings (SSSR count). The van der Waals surface area contributed by atoms with Gasteiger partial charge in [0, 0.05) is 36.1 Å². The zero-order chi connectivity index (χ0) is 36.7. The molecule has 0 fully saturated rings. The van der Waals surface area contributed by atoms with Crippen molar-refractivity contribution < 1.29 is 56.1 Å². The lowest BCUT2D eigenvalue weighted by atomic mass is 10.2. The second-order valence-corrected chi connectivity index (χ2v) is 12.0. The van der Waals surface area contributed by atoms with Gasteiger partial charge in [0.15, 0.2) is 11.6 Å². The van der Waals surface area contributed by atoms with Crippen LogP contribution in [0.5, 0.6) is 11.5 Å². The largest absolute Gasteiger partial charge is 0.495 e. The predicted molar refractivity (Wildman–Crippen MR) is 178 cm³/mol. The number of benzene rings is 2. The summed E-state index contributed by atoms with van der Waals surface area (Å²) in [5.74, 6) is -4.25. The molecule has 0 saturated heterocycles. The summed E-state index contributed by atoms with van der Waals surface area (Å²) < 4.78 is 48.5. The Morgan fingerprint density at radius 2 is 1.02 bits per heavy atom. The molecule has 0 atom stereocenters. The van der Waals surface area contributed by atoms with Crippen LogP contribution in [0.25, 0.3) is 0 Å². The normalized spacial score (nSPS) is 11.0. The minimum absolute atomic E-state index is 0.0373. The minimum atomic E-state index is -4.56. The standard InChI is InChI=1S/C34H36N2O12S/c1-21(2)33(41)47-19-17-23(37)13-15-29(39)35-31-25(45-5)9-7-11-27(31)49(43,44)28-12-8-10-26(46-6)32(28)36-30(40)16-14-24(38)18-20-48-34(42)22(3)4/h7-16H,1,3,17-20H2,2,4-6H3,(H,35,39)(H,36,40)/b15-13+,16-14+. The number of hydrogen-bond donors (Lipinski definition) is 2. The third kappa shape index (κ3) is 11.7. The molecule has 15 heteroatoms. The van der Waals surface area contributed by atoms with Crippen molar-refractivity contribution in [3.63, 3.8) is 0 Å². The number of allylic oxidation sites excluding steroid dienone is 2. The van der Waals surface area contributed by atoms with Crippen LogP contribution < -0.4 is 20.1 Å². The van der Waals surface area contributed by atoms with Crippen LogP contribution in [0.3, 0.4) is 0 Å². The number of sulfone groups is 1. The fraction of sp³-hybridized carbons (Fsp3) is 0.235. The highest BCUT2D eigenvalue weighted by molar-refractivity contribution is 7.91. The van der Waals surface area contributed by atoms with E-state index in [1.165, 1.54) is 64.5 Å². The second kappa shape index (κ2) is 18.5. The molecule has 2 aromatic carbocycles. The van der Waals surface area contributed by atoms with Gasteiger partial charge in [-0.3, -0.25) is 19.2 Å². The molecule has 0 radical (unpaired) electrons. The second-order valence-electron chi connectivity index (χ2n) is 10.1. The smallest absolute Gasteiger partial charge is 0.333 e. The summed E-state index contributed by atoms with van der Waals surface area (Å²) in [4.78, 5) is 72.0. The van der Waals surface area contributed by atoms with Crippen molar-refractivity contribution in [3.8, 4) is 11.5 Å². The third-order valence-corrected chi connectivity index (χ3v) is 8.03. The van der Waals surface area contributed by atoms with Gasteiger partial charge in [0.25, 0.3) is 0 Å². The summed E-state index contributed by atoms with van der Waals surface area (Å²) in [6.07, 6.45) is 3.21. The number of ketones is 2. The summed E-state index contributed by atoms with van der Waals surface area (Å²) in [7, 11) is -2.05. The molecule has 0 aromatic heterocycles. The summed E-state index contributed by atoms with van der Waals surface area (Å²) in [6, 6.07) is 7.93. The molecule has 0 bridgehead atoms. The number of esters is 2. The number of ether oxygens (including phenoxy) is 4. The molecule has 2 N–H and O–H groups in total. The molecule has 2 aromatic rings. The Kier molecular flexibility index (Phi) is 14.9. The Morgan fingerprint density at radius 3 is 1.35 bits per heavy atom. The van der Waals surface area contributed by atoms with Gasteiger partial charge in [-0.25, -0.2) is 18.0 Å². The Balaban J connectivity index is 2.34. The molecule has 0 saturated carbocycles. The van der Waals surface area contributed by atoms with Crippen LogP contribution in [0, 0.1) is 0 Å². The van der Waals surface area contributed by atoms with E-state index >= 15 is 0 Å². The maximum atomic E-state index is 14.1. The monoisotopic (exact) mass is 696 g/mol. The Hall–Kier alpha value is -5.83. The van der Waals surface area contributed by atoms with Crippen molar-refractivity contribution in [2.24, 2.45) is 0 Å². The Labute approximate surface area is 283 Å². The van der Waals surface area contributed by atoms with Crippen LogP contribution in [-0.2, 0) is 48.1 Å². The summed E-state index contributed by atoms with van der Waals surface area (Å²) in [6.45, 7) is 9.30. The van der Waals surface area contributed by atoms with Crippen molar-refractivity contribution in [2.75, 3.05) is 38.1 Å². The number of hydrogen-bond acceptors (Lipinski definition) is 12. The first-order valence-corrected chi connectivity index (χ1v) is 15.9. The van der Waals surface area contributed by atoms with Crippen LogP contribution in [0.1, 0.15) is 26.7 Å². The van der Waals surface area contributed by atoms with Gasteiger partial charge >= 0.3 is 11.9 Å². The lowest BCUT2D eigenvalue weighted by Gasteiger charge is -2.18. The minimum Gasteiger partial charge on any atom is -0.495 e. The number of amides is 2. The maximum Gasteiger partial charge on any atom is 0.333 e. The van der Waals surface area contributed by atoms with Gasteiger partial charge in [0.1, 0.15) is 22.9 Å². The molecule has 0 unspecified atom stereocenters. The average Bonchev–Trinajstić information content (AvgIpc) is 3.06. The number of carbonyl (C=O) groups excluding carboxylic acids is 6. The highest BCUT2D eigenvalue weighted by Gasteiger charge is 2.29. The summed E-state index contributed by atoms with van der Waals surface area (Å²) in [5.41, 5.74) is -0.204. The lowest BCUT2D eigenvalue weighted by molar-refractivity contribution is -0.140. The van der Waals surface area contributed by atoms with Crippen molar-refractivity contribution in [1.82, 2.24) is 0 Å². The van der Waals surface area contributed by atoms with Crippen LogP contribution in [0.15, 0.2) is 94.8 Å². The number of nitrogens with one attached hydrogen (secondary N) is 2. The lowest BCUT2D eigenvalue weighted by Crippen LogP contribution is -2.17. The zero-order valence-electron chi connectivity index (χ0n) is 27.3. The molecular formula is C34H36N2O12S. The van der Waals surface area contributed by atoms with Crippen LogP contribution in [0.2, 0.25) is 0 Å². The van der Waals surface area contributed by atoms with E-state index < -0.39 is 54.9 Å². The Morgan fingerprint density at radius 1 is 0.653 bits per heavy atom. The fourth-order valence-electron chi connectivity index (χ4n) is 3.74. The molecule has 0 aliphatic carbocycles. The topological polar surface area (TPSA) is 198 Å². The highest BCUT2D eigenvalue weighted by atomic mass is 32.2. The molecule has 0 heterocycles. The van der Waals surface area contributed by atoms with Gasteiger partial charge in [0.05, 0.1) is 37.2 Å². The molecule has 0 spiro atoms. The van der Waals surface area contributed by atoms with E-state index in [2.05, 4.69) is 23.8 Å². The zero-order valence-corrected chi connectivity index (χ0v) is 28.1. The van der Waals surface area contributed by atoms with E-state index in [-0.39, 0.29) is 60.1 Å². The first kappa shape index (κ1) is 39.3. The molecular weight excluding hydrogens is 660 g/mol. The van der Waals surface area contributed by atoms with Crippen LogP contribution in [-0.4, -0.2) is 71.2 Å². The van der Waals surface area contributed by atoms with Crippen LogP contribution >= 0.6 is 0 Å². The van der Waals surface area contributed by atoms with E-state index in [1.807, 2.05) is 0 Å². The van der Waals surface area contributed by atoms with Gasteiger partial charge < -0.3 is 29.6 Å². The first-order chi connectivity index (χ1) is 23.1. The molecule has 2 amide bonds. The molecule has 49 heavy (non-hydrogen) atoms. The number of para-hydroxylation sites is 2. The molecule has 0 aliphatic heterocycles. The highest BCUT2D eigenvalue weighted by Crippen LogP contribution is 2.40. The number of methoxy groups -OCH3 is 2. The van der Waals surface area contributed by atoms with Gasteiger partial charge in [0.2, 0.25) is 21.7 Å². The van der Waals surface area contributed by atoms with E-state index in [1.54, 1.807) is 0 Å². The Bertz CT molecular complexity index is 1700. The number of carbonyl (C=O) groups is 6. The van der Waals surface area contributed by atoms with Crippen molar-refractivity contribution >= 4 is 56.5 Å². The summed E-state index contributed by atoms with van der Waals surface area (Å²) in [5, 5.41) is 4.84. The van der Waals surface area contributed by atoms with E-state index in [9.17, 15) is 37.2 Å². The maximum absolute atomic E-state index is 14.1. The molecule has 260 valence electrons. The van der Waals surface area contributed by atoms with E-state index in [4.69, 9.17) is 18.9 Å². The van der Waals surface area contributed by atoms with Crippen molar-refractivity contribution in [1.29, 1.82) is 0 Å². The van der Waals surface area contributed by atoms with Gasteiger partial charge in [-0.1, -0.05) is 25.3 Å². The first-order valence-electron chi connectivity index (χ1n) is 14.4. The number of rotatable bonds is 18. The predicted octanol–water partition coefficient (Wildman–Crippen LogP) is 3.68. The van der Waals surface area contributed by atoms with Gasteiger partial charge in [-0.05, 0) is 50.3 Å². The van der Waals surface area contributed by atoms with Crippen molar-refractivity contribution in [2.45, 2.75) is 36.5 Å². The molecule has 14 nitrogen and oxygen atoms in total. The van der Waals surface area contributed by atoms with Crippen molar-refractivity contribution in [3.05, 3.63) is 85.0 Å².